The number of sulfonamides is 1. The third-order valence-corrected chi connectivity index (χ3v) is 5.17. The van der Waals surface area contributed by atoms with Gasteiger partial charge >= 0.3 is 0 Å². The van der Waals surface area contributed by atoms with Crippen molar-refractivity contribution in [3.8, 4) is 0 Å². The van der Waals surface area contributed by atoms with Gasteiger partial charge in [0.25, 0.3) is 0 Å². The molecule has 1 aromatic heterocycles. The summed E-state index contributed by atoms with van der Waals surface area (Å²) >= 11 is 0. The summed E-state index contributed by atoms with van der Waals surface area (Å²) in [6, 6.07) is 2.91. The van der Waals surface area contributed by atoms with Crippen LogP contribution in [0.5, 0.6) is 0 Å². The number of hydrazine groups is 1. The fourth-order valence-corrected chi connectivity index (χ4v) is 3.15. The molecule has 1 aliphatic rings. The van der Waals surface area contributed by atoms with Gasteiger partial charge in [0.1, 0.15) is 5.82 Å². The molecule has 0 aromatic carbocycles. The van der Waals surface area contributed by atoms with Gasteiger partial charge in [-0.3, -0.25) is 0 Å². The Morgan fingerprint density at radius 2 is 2.28 bits per heavy atom. The summed E-state index contributed by atoms with van der Waals surface area (Å²) in [5.41, 5.74) is 2.34. The van der Waals surface area contributed by atoms with Crippen LogP contribution in [0.25, 0.3) is 0 Å². The first kappa shape index (κ1) is 13.3. The molecule has 1 aliphatic carbocycles. The maximum absolute atomic E-state index is 12.3. The SMILES string of the molecule is CC1CC1CN(C)S(=O)(=O)c1ccnc(NN)c1. The summed E-state index contributed by atoms with van der Waals surface area (Å²) in [5, 5.41) is 0. The molecule has 0 spiro atoms. The topological polar surface area (TPSA) is 88.3 Å². The zero-order valence-electron chi connectivity index (χ0n) is 10.5. The maximum Gasteiger partial charge on any atom is 0.243 e. The van der Waals surface area contributed by atoms with E-state index < -0.39 is 10.0 Å². The molecule has 1 heterocycles. The second kappa shape index (κ2) is 4.83. The van der Waals surface area contributed by atoms with Crippen LogP contribution in [0.3, 0.4) is 0 Å². The highest BCUT2D eigenvalue weighted by atomic mass is 32.2. The van der Waals surface area contributed by atoms with Crippen molar-refractivity contribution in [2.75, 3.05) is 19.0 Å². The van der Waals surface area contributed by atoms with Crippen LogP contribution < -0.4 is 11.3 Å². The lowest BCUT2D eigenvalue weighted by Gasteiger charge is -2.17. The molecule has 1 fully saturated rings. The Morgan fingerprint density at radius 3 is 2.83 bits per heavy atom. The predicted molar refractivity (Wildman–Crippen MR) is 69.1 cm³/mol. The highest BCUT2D eigenvalue weighted by molar-refractivity contribution is 7.89. The molecular weight excluding hydrogens is 252 g/mol. The van der Waals surface area contributed by atoms with Crippen molar-refractivity contribution in [3.05, 3.63) is 18.3 Å². The van der Waals surface area contributed by atoms with Crippen LogP contribution in [0.4, 0.5) is 5.82 Å². The number of anilines is 1. The fourth-order valence-electron chi connectivity index (χ4n) is 1.91. The van der Waals surface area contributed by atoms with Crippen molar-refractivity contribution in [2.45, 2.75) is 18.2 Å². The van der Waals surface area contributed by atoms with Crippen LogP contribution in [0, 0.1) is 11.8 Å². The number of nitrogen functional groups attached to an aromatic ring is 1. The van der Waals surface area contributed by atoms with E-state index in [0.717, 1.165) is 6.42 Å². The van der Waals surface area contributed by atoms with E-state index in [2.05, 4.69) is 17.3 Å². The second-order valence-electron chi connectivity index (χ2n) is 4.78. The van der Waals surface area contributed by atoms with Gasteiger partial charge in [0.2, 0.25) is 10.0 Å². The largest absolute Gasteiger partial charge is 0.308 e. The summed E-state index contributed by atoms with van der Waals surface area (Å²) in [4.78, 5) is 4.11. The first-order valence-corrected chi connectivity index (χ1v) is 7.28. The lowest BCUT2D eigenvalue weighted by atomic mass is 10.3. The third kappa shape index (κ3) is 2.63. The first-order valence-electron chi connectivity index (χ1n) is 5.84. The number of nitrogens with two attached hydrogens (primary N) is 1. The van der Waals surface area contributed by atoms with Crippen molar-refractivity contribution >= 4 is 15.8 Å². The van der Waals surface area contributed by atoms with Gasteiger partial charge in [-0.05, 0) is 24.3 Å². The molecule has 0 radical (unpaired) electrons. The summed E-state index contributed by atoms with van der Waals surface area (Å²) in [6.45, 7) is 2.70. The van der Waals surface area contributed by atoms with Crippen LogP contribution in [0.1, 0.15) is 13.3 Å². The molecule has 0 amide bonds. The van der Waals surface area contributed by atoms with Crippen molar-refractivity contribution in [3.63, 3.8) is 0 Å². The number of pyridine rings is 1. The third-order valence-electron chi connectivity index (χ3n) is 3.36. The molecule has 3 N–H and O–H groups in total. The van der Waals surface area contributed by atoms with Gasteiger partial charge in [0.15, 0.2) is 0 Å². The first-order chi connectivity index (χ1) is 8.45. The van der Waals surface area contributed by atoms with E-state index in [1.165, 1.54) is 22.6 Å². The van der Waals surface area contributed by atoms with E-state index >= 15 is 0 Å². The quantitative estimate of drug-likeness (QED) is 0.605. The van der Waals surface area contributed by atoms with E-state index in [1.807, 2.05) is 0 Å². The molecule has 6 nitrogen and oxygen atoms in total. The summed E-state index contributed by atoms with van der Waals surface area (Å²) in [5.74, 6) is 6.67. The minimum Gasteiger partial charge on any atom is -0.308 e. The number of rotatable bonds is 5. The van der Waals surface area contributed by atoms with Crippen LogP contribution >= 0.6 is 0 Å². The predicted octanol–water partition coefficient (Wildman–Crippen LogP) is 0.644. The van der Waals surface area contributed by atoms with Crippen molar-refractivity contribution in [1.29, 1.82) is 0 Å². The molecule has 100 valence electrons. The van der Waals surface area contributed by atoms with Gasteiger partial charge in [-0.25, -0.2) is 23.5 Å². The molecule has 1 saturated carbocycles. The fraction of sp³-hybridized carbons (Fsp3) is 0.545. The standard InChI is InChI=1S/C11H18N4O2S/c1-8-5-9(8)7-15(2)18(16,17)10-3-4-13-11(6-10)14-12/h3-4,6,8-9H,5,7,12H2,1-2H3,(H,13,14). The highest BCUT2D eigenvalue weighted by Gasteiger charge is 2.36. The molecule has 0 saturated heterocycles. The van der Waals surface area contributed by atoms with Crippen molar-refractivity contribution < 1.29 is 8.42 Å². The van der Waals surface area contributed by atoms with Gasteiger partial charge in [-0.15, -0.1) is 0 Å². The van der Waals surface area contributed by atoms with E-state index in [4.69, 9.17) is 5.84 Å². The molecule has 2 atom stereocenters. The summed E-state index contributed by atoms with van der Waals surface area (Å²) < 4.78 is 26.0. The van der Waals surface area contributed by atoms with E-state index in [9.17, 15) is 8.42 Å². The Balaban J connectivity index is 2.18. The Bertz CT molecular complexity index is 532. The van der Waals surface area contributed by atoms with Crippen LogP contribution in [0.15, 0.2) is 23.2 Å². The van der Waals surface area contributed by atoms with Crippen molar-refractivity contribution in [1.82, 2.24) is 9.29 Å². The Kier molecular flexibility index (Phi) is 3.56. The normalized spacial score (nSPS) is 23.1. The molecule has 1 aromatic rings. The highest BCUT2D eigenvalue weighted by Crippen LogP contribution is 2.38. The smallest absolute Gasteiger partial charge is 0.243 e. The van der Waals surface area contributed by atoms with Crippen molar-refractivity contribution in [2.24, 2.45) is 17.7 Å². The zero-order chi connectivity index (χ0) is 13.3. The minimum absolute atomic E-state index is 0.209. The molecular formula is C11H18N4O2S. The second-order valence-corrected chi connectivity index (χ2v) is 6.82. The van der Waals surface area contributed by atoms with Crippen LogP contribution in [-0.4, -0.2) is 31.3 Å². The van der Waals surface area contributed by atoms with Gasteiger partial charge < -0.3 is 5.43 Å². The Labute approximate surface area is 107 Å². The lowest BCUT2D eigenvalue weighted by molar-refractivity contribution is 0.444. The maximum atomic E-state index is 12.3. The van der Waals surface area contributed by atoms with Gasteiger partial charge in [0, 0.05) is 25.9 Å². The van der Waals surface area contributed by atoms with E-state index in [1.54, 1.807) is 7.05 Å². The van der Waals surface area contributed by atoms with Crippen LogP contribution in [0.2, 0.25) is 0 Å². The Morgan fingerprint density at radius 1 is 1.61 bits per heavy atom. The number of hydrogen-bond donors (Lipinski definition) is 2. The summed E-state index contributed by atoms with van der Waals surface area (Å²) in [6.07, 6.45) is 2.53. The molecule has 0 bridgehead atoms. The number of hydrogen-bond acceptors (Lipinski definition) is 5. The molecule has 2 unspecified atom stereocenters. The number of nitrogens with zero attached hydrogens (tertiary/aromatic N) is 2. The lowest BCUT2D eigenvalue weighted by Crippen LogP contribution is -2.29. The average Bonchev–Trinajstić information content (AvgIpc) is 3.04. The monoisotopic (exact) mass is 270 g/mol. The Hall–Kier alpha value is -1.18. The van der Waals surface area contributed by atoms with Gasteiger partial charge in [-0.1, -0.05) is 6.92 Å². The number of nitrogens with one attached hydrogen (secondary N) is 1. The van der Waals surface area contributed by atoms with Crippen LogP contribution in [-0.2, 0) is 10.0 Å². The molecule has 18 heavy (non-hydrogen) atoms. The van der Waals surface area contributed by atoms with E-state index in [0.29, 0.717) is 24.2 Å². The molecule has 0 aliphatic heterocycles. The summed E-state index contributed by atoms with van der Waals surface area (Å²) in [7, 11) is -1.84. The van der Waals surface area contributed by atoms with Gasteiger partial charge in [-0.2, -0.15) is 0 Å². The van der Waals surface area contributed by atoms with Gasteiger partial charge in [0.05, 0.1) is 4.90 Å². The minimum atomic E-state index is -3.45. The van der Waals surface area contributed by atoms with E-state index in [-0.39, 0.29) is 4.90 Å². The molecule has 7 heteroatoms. The zero-order valence-corrected chi connectivity index (χ0v) is 11.3. The average molecular weight is 270 g/mol. The molecule has 2 rings (SSSR count). The number of aromatic nitrogens is 1.